The average molecular weight is 432 g/mol. The lowest BCUT2D eigenvalue weighted by Gasteiger charge is -2.17. The highest BCUT2D eigenvalue weighted by atomic mass is 79.9. The van der Waals surface area contributed by atoms with Crippen LogP contribution in [0.1, 0.15) is 63.1 Å². The Bertz CT molecular complexity index is 786. The summed E-state index contributed by atoms with van der Waals surface area (Å²) in [5, 5.41) is 2.95. The van der Waals surface area contributed by atoms with Gasteiger partial charge in [-0.3, -0.25) is 4.79 Å². The smallest absolute Gasteiger partial charge is 0.265 e. The molecule has 2 aromatic carbocycles. The summed E-state index contributed by atoms with van der Waals surface area (Å²) in [4.78, 5) is 12.5. The largest absolute Gasteiger partial charge is 0.481 e. The van der Waals surface area contributed by atoms with Gasteiger partial charge in [0.15, 0.2) is 6.10 Å². The highest BCUT2D eigenvalue weighted by molar-refractivity contribution is 9.10. The third-order valence-electron chi connectivity index (χ3n) is 4.66. The molecule has 0 bridgehead atoms. The number of hydrogen-bond donors (Lipinski definition) is 1. The number of rotatable bonds is 8. The molecule has 0 saturated carbocycles. The van der Waals surface area contributed by atoms with Gasteiger partial charge >= 0.3 is 0 Å². The number of aryl methyl sites for hydroxylation is 2. The van der Waals surface area contributed by atoms with Crippen molar-refractivity contribution in [2.45, 2.75) is 65.9 Å². The fourth-order valence-electron chi connectivity index (χ4n) is 3.06. The lowest BCUT2D eigenvalue weighted by molar-refractivity contribution is -0.122. The van der Waals surface area contributed by atoms with Crippen molar-refractivity contribution in [2.75, 3.05) is 5.32 Å². The Morgan fingerprint density at radius 3 is 2.48 bits per heavy atom. The maximum Gasteiger partial charge on any atom is 0.265 e. The number of amides is 1. The lowest BCUT2D eigenvalue weighted by atomic mass is 9.98. The van der Waals surface area contributed by atoms with E-state index in [1.165, 1.54) is 23.1 Å². The molecule has 0 aliphatic rings. The highest BCUT2D eigenvalue weighted by Gasteiger charge is 2.17. The number of benzene rings is 2. The van der Waals surface area contributed by atoms with Gasteiger partial charge in [-0.05, 0) is 89.5 Å². The Kier molecular flexibility index (Phi) is 7.91. The summed E-state index contributed by atoms with van der Waals surface area (Å²) < 4.78 is 6.75. The number of nitrogens with one attached hydrogen (secondary N) is 1. The molecule has 0 aromatic heterocycles. The van der Waals surface area contributed by atoms with Crippen molar-refractivity contribution in [3.05, 3.63) is 57.6 Å². The number of halogens is 1. The van der Waals surface area contributed by atoms with E-state index in [1.807, 2.05) is 18.2 Å². The molecule has 1 atom stereocenters. The second-order valence-corrected chi connectivity index (χ2v) is 8.19. The van der Waals surface area contributed by atoms with Gasteiger partial charge in [-0.15, -0.1) is 0 Å². The van der Waals surface area contributed by atoms with Gasteiger partial charge in [-0.25, -0.2) is 0 Å². The Morgan fingerprint density at radius 2 is 1.89 bits per heavy atom. The molecule has 146 valence electrons. The van der Waals surface area contributed by atoms with E-state index in [9.17, 15) is 4.79 Å². The van der Waals surface area contributed by atoms with Gasteiger partial charge in [-0.2, -0.15) is 0 Å². The van der Waals surface area contributed by atoms with Crippen molar-refractivity contribution in [1.29, 1.82) is 0 Å². The number of hydrogen-bond acceptors (Lipinski definition) is 2. The second kappa shape index (κ2) is 9.93. The highest BCUT2D eigenvalue weighted by Crippen LogP contribution is 2.26. The number of ether oxygens (including phenoxy) is 1. The minimum Gasteiger partial charge on any atom is -0.481 e. The lowest BCUT2D eigenvalue weighted by Crippen LogP contribution is -2.30. The van der Waals surface area contributed by atoms with Crippen molar-refractivity contribution < 1.29 is 9.53 Å². The second-order valence-electron chi connectivity index (χ2n) is 7.34. The first kappa shape index (κ1) is 21.5. The Labute approximate surface area is 171 Å². The van der Waals surface area contributed by atoms with E-state index in [0.717, 1.165) is 23.0 Å². The van der Waals surface area contributed by atoms with Crippen LogP contribution in [-0.4, -0.2) is 12.0 Å². The minimum absolute atomic E-state index is 0.164. The van der Waals surface area contributed by atoms with Crippen molar-refractivity contribution in [3.63, 3.8) is 0 Å². The predicted molar refractivity (Wildman–Crippen MR) is 117 cm³/mol. The molecule has 27 heavy (non-hydrogen) atoms. The molecular formula is C23H30BrNO2. The van der Waals surface area contributed by atoms with E-state index in [1.54, 1.807) is 6.92 Å². The molecule has 0 aliphatic carbocycles. The van der Waals surface area contributed by atoms with Crippen molar-refractivity contribution in [1.82, 2.24) is 0 Å². The Morgan fingerprint density at radius 1 is 1.15 bits per heavy atom. The normalized spacial score (nSPS) is 12.1. The van der Waals surface area contributed by atoms with Crippen LogP contribution >= 0.6 is 15.9 Å². The summed E-state index contributed by atoms with van der Waals surface area (Å²) in [5.74, 6) is 1.02. The first-order valence-corrected chi connectivity index (χ1v) is 10.5. The molecule has 4 heteroatoms. The van der Waals surface area contributed by atoms with Crippen LogP contribution in [0.15, 0.2) is 40.9 Å². The van der Waals surface area contributed by atoms with Crippen LogP contribution in [-0.2, 0) is 11.2 Å². The monoisotopic (exact) mass is 431 g/mol. The third kappa shape index (κ3) is 6.10. The van der Waals surface area contributed by atoms with Gasteiger partial charge in [0.2, 0.25) is 0 Å². The fourth-order valence-corrected chi connectivity index (χ4v) is 3.58. The molecule has 2 aromatic rings. The number of anilines is 1. The molecule has 0 heterocycles. The van der Waals surface area contributed by atoms with Crippen LogP contribution < -0.4 is 10.1 Å². The van der Waals surface area contributed by atoms with Crippen molar-refractivity contribution >= 4 is 27.5 Å². The van der Waals surface area contributed by atoms with E-state index in [4.69, 9.17) is 4.74 Å². The molecule has 1 amide bonds. The standard InChI is InChI=1S/C23H30BrNO2/c1-6-7-8-18-9-12-22(21(24)14-18)25-23(26)17(5)27-19-10-11-20(15(2)3)16(4)13-19/h9-15,17H,6-8H2,1-5H3,(H,25,26). The maximum absolute atomic E-state index is 12.5. The Hall–Kier alpha value is -1.81. The summed E-state index contributed by atoms with van der Waals surface area (Å²) in [5.41, 5.74) is 4.51. The summed E-state index contributed by atoms with van der Waals surface area (Å²) >= 11 is 3.56. The van der Waals surface area contributed by atoms with E-state index in [-0.39, 0.29) is 5.91 Å². The first-order valence-electron chi connectivity index (χ1n) is 9.68. The van der Waals surface area contributed by atoms with Crippen LogP contribution in [0.5, 0.6) is 5.75 Å². The number of carbonyl (C=O) groups excluding carboxylic acids is 1. The van der Waals surface area contributed by atoms with Crippen molar-refractivity contribution in [3.8, 4) is 5.75 Å². The van der Waals surface area contributed by atoms with Crippen molar-refractivity contribution in [2.24, 2.45) is 0 Å². The van der Waals surface area contributed by atoms with Gasteiger partial charge in [0.05, 0.1) is 5.69 Å². The van der Waals surface area contributed by atoms with Gasteiger partial charge < -0.3 is 10.1 Å². The quantitative estimate of drug-likeness (QED) is 0.509. The number of unbranched alkanes of at least 4 members (excludes halogenated alkanes) is 1. The zero-order valence-corrected chi connectivity index (χ0v) is 18.5. The van der Waals surface area contributed by atoms with Crippen LogP contribution in [0.2, 0.25) is 0 Å². The summed E-state index contributed by atoms with van der Waals surface area (Å²) in [6.07, 6.45) is 2.80. The molecule has 2 rings (SSSR count). The predicted octanol–water partition coefficient (Wildman–Crippen LogP) is 6.63. The van der Waals surface area contributed by atoms with E-state index in [0.29, 0.717) is 11.7 Å². The molecule has 1 N–H and O–H groups in total. The molecule has 0 aliphatic heterocycles. The topological polar surface area (TPSA) is 38.3 Å². The molecular weight excluding hydrogens is 402 g/mol. The molecule has 0 saturated heterocycles. The zero-order valence-electron chi connectivity index (χ0n) is 16.9. The van der Waals surface area contributed by atoms with Gasteiger partial charge in [-0.1, -0.05) is 39.3 Å². The van der Waals surface area contributed by atoms with Gasteiger partial charge in [0.25, 0.3) is 5.91 Å². The van der Waals surface area contributed by atoms with E-state index >= 15 is 0 Å². The van der Waals surface area contributed by atoms with Crippen LogP contribution in [0, 0.1) is 6.92 Å². The molecule has 0 radical (unpaired) electrons. The molecule has 0 spiro atoms. The van der Waals surface area contributed by atoms with Crippen LogP contribution in [0.4, 0.5) is 5.69 Å². The average Bonchev–Trinajstić information content (AvgIpc) is 2.61. The Balaban J connectivity index is 2.00. The fraction of sp³-hybridized carbons (Fsp3) is 0.435. The third-order valence-corrected chi connectivity index (χ3v) is 5.31. The van der Waals surface area contributed by atoms with E-state index < -0.39 is 6.10 Å². The molecule has 3 nitrogen and oxygen atoms in total. The minimum atomic E-state index is -0.582. The summed E-state index contributed by atoms with van der Waals surface area (Å²) in [7, 11) is 0. The SMILES string of the molecule is CCCCc1ccc(NC(=O)C(C)Oc2ccc(C(C)C)c(C)c2)c(Br)c1. The summed E-state index contributed by atoms with van der Waals surface area (Å²) in [6.45, 7) is 10.4. The number of carbonyl (C=O) groups is 1. The van der Waals surface area contributed by atoms with E-state index in [2.05, 4.69) is 67.1 Å². The van der Waals surface area contributed by atoms with Gasteiger partial charge in [0.1, 0.15) is 5.75 Å². The molecule has 1 unspecified atom stereocenters. The molecule has 0 fully saturated rings. The van der Waals surface area contributed by atoms with Crippen LogP contribution in [0.25, 0.3) is 0 Å². The maximum atomic E-state index is 12.5. The van der Waals surface area contributed by atoms with Crippen LogP contribution in [0.3, 0.4) is 0 Å². The summed E-state index contributed by atoms with van der Waals surface area (Å²) in [6, 6.07) is 12.1. The van der Waals surface area contributed by atoms with Gasteiger partial charge in [0, 0.05) is 4.47 Å². The zero-order chi connectivity index (χ0) is 20.0. The first-order chi connectivity index (χ1) is 12.8.